The van der Waals surface area contributed by atoms with E-state index in [-0.39, 0.29) is 12.2 Å². The van der Waals surface area contributed by atoms with E-state index in [1.54, 1.807) is 11.3 Å². The highest BCUT2D eigenvalue weighted by molar-refractivity contribution is 7.26. The third-order valence-electron chi connectivity index (χ3n) is 7.48. The van der Waals surface area contributed by atoms with Crippen molar-refractivity contribution in [3.05, 3.63) is 108 Å². The first-order valence-electron chi connectivity index (χ1n) is 13.3. The van der Waals surface area contributed by atoms with Crippen molar-refractivity contribution < 1.29 is 7.31 Å². The molecule has 0 saturated carbocycles. The first kappa shape index (κ1) is 19.3. The zero-order valence-corrected chi connectivity index (χ0v) is 21.6. The van der Waals surface area contributed by atoms with E-state index in [9.17, 15) is 0 Å². The van der Waals surface area contributed by atoms with Gasteiger partial charge in [-0.15, -0.1) is 11.3 Å². The first-order chi connectivity index (χ1) is 18.3. The summed E-state index contributed by atoms with van der Waals surface area (Å²) in [6.45, 7) is 6.42. The van der Waals surface area contributed by atoms with Crippen LogP contribution < -0.4 is 4.57 Å². The van der Waals surface area contributed by atoms with Gasteiger partial charge in [-0.05, 0) is 62.2 Å². The van der Waals surface area contributed by atoms with Crippen molar-refractivity contribution in [3.63, 3.8) is 0 Å². The quantitative estimate of drug-likeness (QED) is 0.217. The molecule has 174 valence electrons. The minimum atomic E-state index is 0.234. The summed E-state index contributed by atoms with van der Waals surface area (Å²) in [6.07, 6.45) is 0.234. The molecule has 3 heteroatoms. The smallest absolute Gasteiger partial charge is 0.230 e. The second kappa shape index (κ2) is 7.78. The highest BCUT2D eigenvalue weighted by Gasteiger charge is 2.22. The molecular formula is C33H27N2S+. The number of para-hydroxylation sites is 2. The molecule has 7 aromatic rings. The van der Waals surface area contributed by atoms with Crippen LogP contribution in [0.15, 0.2) is 91.1 Å². The van der Waals surface area contributed by atoms with E-state index in [1.165, 1.54) is 38.5 Å². The normalized spacial score (nSPS) is 12.7. The molecule has 0 aliphatic carbocycles. The van der Waals surface area contributed by atoms with Crippen LogP contribution in [0.2, 0.25) is 0 Å². The van der Waals surface area contributed by atoms with E-state index in [0.29, 0.717) is 0 Å². The number of nitrogens with zero attached hydrogens (tertiary/aromatic N) is 2. The number of hydrogen-bond acceptors (Lipinski definition) is 1. The van der Waals surface area contributed by atoms with E-state index < -0.39 is 0 Å². The first-order valence-corrected chi connectivity index (χ1v) is 13.1. The van der Waals surface area contributed by atoms with Crippen molar-refractivity contribution in [2.24, 2.45) is 7.05 Å². The van der Waals surface area contributed by atoms with Gasteiger partial charge < -0.3 is 4.57 Å². The van der Waals surface area contributed by atoms with Crippen LogP contribution in [0.4, 0.5) is 0 Å². The summed E-state index contributed by atoms with van der Waals surface area (Å²) in [6, 6.07) is 28.4. The highest BCUT2D eigenvalue weighted by Crippen LogP contribution is 2.41. The minimum absolute atomic E-state index is 0.234. The second-order valence-corrected chi connectivity index (χ2v) is 10.8. The van der Waals surface area contributed by atoms with Crippen molar-refractivity contribution in [1.29, 1.82) is 0 Å². The van der Waals surface area contributed by atoms with Crippen LogP contribution in [-0.2, 0) is 7.05 Å². The molecule has 0 unspecified atom stereocenters. The Morgan fingerprint density at radius 3 is 2.19 bits per heavy atom. The number of aryl methyl sites for hydroxylation is 2. The number of thiophene rings is 1. The minimum Gasteiger partial charge on any atom is -0.309 e. The van der Waals surface area contributed by atoms with Gasteiger partial charge in [0.2, 0.25) is 5.69 Å². The Hall–Kier alpha value is -3.95. The molecule has 0 spiro atoms. The fraction of sp³-hybridized carbons (Fsp3) is 0.121. The molecule has 0 bridgehead atoms. The number of hydrogen-bond donors (Lipinski definition) is 0. The summed E-state index contributed by atoms with van der Waals surface area (Å²) in [5.41, 5.74) is 9.28. The van der Waals surface area contributed by atoms with Crippen LogP contribution in [0, 0.1) is 20.8 Å². The van der Waals surface area contributed by atoms with E-state index in [1.807, 2.05) is 11.6 Å². The lowest BCUT2D eigenvalue weighted by atomic mass is 9.96. The summed E-state index contributed by atoms with van der Waals surface area (Å²) in [5, 5.41) is 4.39. The lowest BCUT2D eigenvalue weighted by molar-refractivity contribution is -0.659. The summed E-state index contributed by atoms with van der Waals surface area (Å²) in [5.74, 6) is 0. The third kappa shape index (κ3) is 2.99. The fourth-order valence-electron chi connectivity index (χ4n) is 5.65. The molecule has 4 aromatic carbocycles. The van der Waals surface area contributed by atoms with Gasteiger partial charge in [0, 0.05) is 38.0 Å². The van der Waals surface area contributed by atoms with Gasteiger partial charge in [0.25, 0.3) is 0 Å². The zero-order valence-electron chi connectivity index (χ0n) is 22.8. The molecular weight excluding hydrogens is 456 g/mol. The maximum absolute atomic E-state index is 8.93. The number of fused-ring (bicyclic) bond motifs is 6. The van der Waals surface area contributed by atoms with Crippen molar-refractivity contribution in [1.82, 2.24) is 4.57 Å². The average Bonchev–Trinajstić information content (AvgIpc) is 3.45. The van der Waals surface area contributed by atoms with Gasteiger partial charge in [0.15, 0.2) is 6.17 Å². The predicted octanol–water partition coefficient (Wildman–Crippen LogP) is 8.57. The third-order valence-corrected chi connectivity index (χ3v) is 8.64. The Kier molecular flexibility index (Phi) is 4.16. The van der Waals surface area contributed by atoms with Crippen LogP contribution in [0.25, 0.3) is 58.9 Å². The average molecular weight is 486 g/mol. The van der Waals surface area contributed by atoms with Crippen molar-refractivity contribution in [2.75, 3.05) is 0 Å². The number of rotatable bonds is 2. The number of pyridine rings is 1. The summed E-state index contributed by atoms with van der Waals surface area (Å²) >= 11 is 1.73. The SMILES string of the molecule is [2H]c1c([2H])[n+](C)c(-c2cc(C)cc(C)c2C)c2sc3cc(-n4c5ccccc5c5ccccc54)ccc3c12. The predicted molar refractivity (Wildman–Crippen MR) is 154 cm³/mol. The molecule has 3 aromatic heterocycles. The number of aromatic nitrogens is 2. The monoisotopic (exact) mass is 485 g/mol. The van der Waals surface area contributed by atoms with Crippen LogP contribution in [0.3, 0.4) is 0 Å². The van der Waals surface area contributed by atoms with Gasteiger partial charge >= 0.3 is 0 Å². The van der Waals surface area contributed by atoms with Crippen LogP contribution in [-0.4, -0.2) is 4.57 Å². The Bertz CT molecular complexity index is 2050. The van der Waals surface area contributed by atoms with Gasteiger partial charge in [0.1, 0.15) is 13.1 Å². The van der Waals surface area contributed by atoms with Crippen LogP contribution >= 0.6 is 11.3 Å². The van der Waals surface area contributed by atoms with Gasteiger partial charge in [-0.3, -0.25) is 0 Å². The topological polar surface area (TPSA) is 8.81 Å². The highest BCUT2D eigenvalue weighted by atomic mass is 32.1. The van der Waals surface area contributed by atoms with E-state index in [0.717, 1.165) is 37.1 Å². The Morgan fingerprint density at radius 1 is 0.778 bits per heavy atom. The maximum atomic E-state index is 8.93. The van der Waals surface area contributed by atoms with Crippen LogP contribution in [0.5, 0.6) is 0 Å². The largest absolute Gasteiger partial charge is 0.309 e. The zero-order chi connectivity index (χ0) is 26.3. The fourth-order valence-corrected chi connectivity index (χ4v) is 6.94. The van der Waals surface area contributed by atoms with Gasteiger partial charge in [-0.25, -0.2) is 0 Å². The van der Waals surface area contributed by atoms with Crippen molar-refractivity contribution >= 4 is 53.3 Å². The van der Waals surface area contributed by atoms with E-state index >= 15 is 0 Å². The Labute approximate surface area is 217 Å². The molecule has 0 aliphatic heterocycles. The number of benzene rings is 4. The summed E-state index contributed by atoms with van der Waals surface area (Å²) < 4.78 is 24.2. The van der Waals surface area contributed by atoms with Gasteiger partial charge in [0.05, 0.1) is 18.0 Å². The van der Waals surface area contributed by atoms with E-state index in [4.69, 9.17) is 2.74 Å². The Morgan fingerprint density at radius 2 is 1.47 bits per heavy atom. The molecule has 2 nitrogen and oxygen atoms in total. The van der Waals surface area contributed by atoms with Crippen molar-refractivity contribution in [3.8, 4) is 16.9 Å². The molecule has 0 amide bonds. The lowest BCUT2D eigenvalue weighted by Crippen LogP contribution is -2.30. The molecule has 0 atom stereocenters. The summed E-state index contributed by atoms with van der Waals surface area (Å²) in [4.78, 5) is 0. The van der Waals surface area contributed by atoms with Gasteiger partial charge in [-0.2, -0.15) is 4.57 Å². The molecule has 0 radical (unpaired) electrons. The standard InChI is InChI=1S/C33H27N2S/c1-20-17-21(2)22(3)28(18-20)32-33-27(15-16-34(32)4)26-14-13-23(19-31(26)36-33)35-29-11-7-5-9-24(29)25-10-6-8-12-30(25)35/h5-19H,1-4H3/q+1/i15D,16D. The molecule has 0 aliphatic rings. The maximum Gasteiger partial charge on any atom is 0.230 e. The van der Waals surface area contributed by atoms with E-state index in [2.05, 4.69) is 104 Å². The molecule has 36 heavy (non-hydrogen) atoms. The summed E-state index contributed by atoms with van der Waals surface area (Å²) in [7, 11) is 1.92. The molecule has 0 fully saturated rings. The Balaban J connectivity index is 1.57. The molecule has 3 heterocycles. The molecule has 0 saturated heterocycles. The van der Waals surface area contributed by atoms with Crippen molar-refractivity contribution in [2.45, 2.75) is 20.8 Å². The van der Waals surface area contributed by atoms with Crippen LogP contribution in [0.1, 0.15) is 19.4 Å². The van der Waals surface area contributed by atoms with Gasteiger partial charge in [-0.1, -0.05) is 54.1 Å². The molecule has 0 N–H and O–H groups in total. The second-order valence-electron chi connectivity index (χ2n) is 9.76. The lowest BCUT2D eigenvalue weighted by Gasteiger charge is -2.10. The molecule has 7 rings (SSSR count).